The highest BCUT2D eigenvalue weighted by Gasteiger charge is 2.25. The summed E-state index contributed by atoms with van der Waals surface area (Å²) >= 11 is 0. The number of benzene rings is 2. The first kappa shape index (κ1) is 19.6. The molecule has 2 aromatic rings. The maximum Gasteiger partial charge on any atom is 0.340 e. The van der Waals surface area contributed by atoms with E-state index < -0.39 is 33.6 Å². The second-order valence-corrected chi connectivity index (χ2v) is 7.69. The molecule has 0 aliphatic rings. The monoisotopic (exact) mass is 379 g/mol. The Morgan fingerprint density at radius 1 is 1.12 bits per heavy atom. The summed E-state index contributed by atoms with van der Waals surface area (Å²) in [5.74, 6) is -2.16. The summed E-state index contributed by atoms with van der Waals surface area (Å²) in [6.45, 7) is 2.82. The highest BCUT2D eigenvalue weighted by Crippen LogP contribution is 2.19. The Morgan fingerprint density at radius 3 is 2.35 bits per heavy atom. The van der Waals surface area contributed by atoms with Gasteiger partial charge in [0.05, 0.1) is 16.2 Å². The van der Waals surface area contributed by atoms with Gasteiger partial charge in [0, 0.05) is 5.69 Å². The Hall–Kier alpha value is -2.74. The van der Waals surface area contributed by atoms with Crippen LogP contribution in [0.2, 0.25) is 0 Å². The number of amides is 1. The fourth-order valence-corrected chi connectivity index (χ4v) is 3.20. The predicted octanol–water partition coefficient (Wildman–Crippen LogP) is 2.80. The van der Waals surface area contributed by atoms with Crippen LogP contribution in [0.15, 0.2) is 53.4 Å². The maximum atomic E-state index is 12.9. The van der Waals surface area contributed by atoms with Crippen molar-refractivity contribution in [3.8, 4) is 0 Å². The molecule has 0 aromatic heterocycles. The molecule has 8 heteroatoms. The Balaban J connectivity index is 2.12. The van der Waals surface area contributed by atoms with E-state index in [0.717, 1.165) is 0 Å². The molecule has 0 saturated heterocycles. The van der Waals surface area contributed by atoms with Gasteiger partial charge in [-0.15, -0.1) is 0 Å². The molecule has 0 aliphatic heterocycles. The second kappa shape index (κ2) is 8.09. The van der Waals surface area contributed by atoms with Gasteiger partial charge in [-0.25, -0.2) is 17.6 Å². The van der Waals surface area contributed by atoms with Crippen LogP contribution in [0.1, 0.15) is 24.2 Å². The maximum absolute atomic E-state index is 12.9. The molecule has 0 fully saturated rings. The zero-order valence-electron chi connectivity index (χ0n) is 14.2. The minimum absolute atomic E-state index is 0.129. The topological polar surface area (TPSA) is 89.5 Å². The lowest BCUT2D eigenvalue weighted by atomic mass is 10.2. The molecule has 0 heterocycles. The Morgan fingerprint density at radius 2 is 1.73 bits per heavy atom. The lowest BCUT2D eigenvalue weighted by Gasteiger charge is -2.15. The number of hydrogen-bond donors (Lipinski definition) is 1. The highest BCUT2D eigenvalue weighted by molar-refractivity contribution is 7.91. The third-order valence-electron chi connectivity index (χ3n) is 3.59. The van der Waals surface area contributed by atoms with Crippen molar-refractivity contribution in [3.05, 3.63) is 59.9 Å². The average molecular weight is 379 g/mol. The average Bonchev–Trinajstić information content (AvgIpc) is 2.63. The molecule has 1 atom stereocenters. The van der Waals surface area contributed by atoms with Crippen LogP contribution < -0.4 is 5.32 Å². The Kier molecular flexibility index (Phi) is 6.10. The third-order valence-corrected chi connectivity index (χ3v) is 5.37. The molecule has 0 unspecified atom stereocenters. The number of carbonyl (C=O) groups excluding carboxylic acids is 2. The quantitative estimate of drug-likeness (QED) is 0.780. The van der Waals surface area contributed by atoms with Crippen LogP contribution in [0.3, 0.4) is 0 Å². The summed E-state index contributed by atoms with van der Waals surface area (Å²) in [6.07, 6.45) is -1.18. The van der Waals surface area contributed by atoms with Gasteiger partial charge in [-0.1, -0.05) is 19.1 Å². The van der Waals surface area contributed by atoms with Crippen LogP contribution in [-0.2, 0) is 19.4 Å². The molecule has 138 valence electrons. The number of sulfone groups is 1. The van der Waals surface area contributed by atoms with E-state index in [1.54, 1.807) is 0 Å². The Bertz CT molecular complexity index is 909. The molecule has 2 aromatic carbocycles. The van der Waals surface area contributed by atoms with Crippen molar-refractivity contribution in [3.63, 3.8) is 0 Å². The predicted molar refractivity (Wildman–Crippen MR) is 94.1 cm³/mol. The summed E-state index contributed by atoms with van der Waals surface area (Å²) in [5.41, 5.74) is 0.212. The highest BCUT2D eigenvalue weighted by atomic mass is 32.2. The summed E-state index contributed by atoms with van der Waals surface area (Å²) in [6, 6.07) is 10.7. The van der Waals surface area contributed by atoms with Crippen LogP contribution in [0.4, 0.5) is 10.1 Å². The largest absolute Gasteiger partial charge is 0.449 e. The van der Waals surface area contributed by atoms with Crippen molar-refractivity contribution in [1.82, 2.24) is 0 Å². The summed E-state index contributed by atoms with van der Waals surface area (Å²) in [7, 11) is -3.62. The van der Waals surface area contributed by atoms with Gasteiger partial charge in [0.2, 0.25) is 0 Å². The minimum Gasteiger partial charge on any atom is -0.449 e. The molecule has 0 spiro atoms. The summed E-state index contributed by atoms with van der Waals surface area (Å²) in [4.78, 5) is 24.3. The van der Waals surface area contributed by atoms with Gasteiger partial charge in [0.15, 0.2) is 15.9 Å². The van der Waals surface area contributed by atoms with Crippen molar-refractivity contribution in [2.45, 2.75) is 24.8 Å². The SMILES string of the molecule is CCS(=O)(=O)c1ccccc1C(=O)O[C@H](C)C(=O)Nc1ccc(F)cc1. The lowest BCUT2D eigenvalue weighted by Crippen LogP contribution is -2.30. The van der Waals surface area contributed by atoms with E-state index in [2.05, 4.69) is 5.32 Å². The van der Waals surface area contributed by atoms with Crippen molar-refractivity contribution in [2.75, 3.05) is 11.1 Å². The molecule has 1 amide bonds. The molecule has 0 bridgehead atoms. The van der Waals surface area contributed by atoms with Crippen LogP contribution >= 0.6 is 0 Å². The number of anilines is 1. The second-order valence-electron chi connectivity index (χ2n) is 5.44. The smallest absolute Gasteiger partial charge is 0.340 e. The molecule has 6 nitrogen and oxygen atoms in total. The fourth-order valence-electron chi connectivity index (χ4n) is 2.12. The van der Waals surface area contributed by atoms with Crippen molar-refractivity contribution >= 4 is 27.4 Å². The van der Waals surface area contributed by atoms with Crippen molar-refractivity contribution < 1.29 is 27.1 Å². The van der Waals surface area contributed by atoms with E-state index >= 15 is 0 Å². The molecule has 0 radical (unpaired) electrons. The lowest BCUT2D eigenvalue weighted by molar-refractivity contribution is -0.123. The van der Waals surface area contributed by atoms with Gasteiger partial charge in [-0.2, -0.15) is 0 Å². The van der Waals surface area contributed by atoms with E-state index in [1.807, 2.05) is 0 Å². The normalized spacial score (nSPS) is 12.3. The van der Waals surface area contributed by atoms with Crippen molar-refractivity contribution in [1.29, 1.82) is 0 Å². The fraction of sp³-hybridized carbons (Fsp3) is 0.222. The Labute approximate surface area is 150 Å². The molecular weight excluding hydrogens is 361 g/mol. The molecule has 2 rings (SSSR count). The van der Waals surface area contributed by atoms with Gasteiger partial charge in [-0.05, 0) is 43.3 Å². The molecule has 0 aliphatic carbocycles. The first-order valence-electron chi connectivity index (χ1n) is 7.84. The molecule has 0 saturated carbocycles. The number of esters is 1. The van der Waals surface area contributed by atoms with E-state index in [1.165, 1.54) is 62.4 Å². The van der Waals surface area contributed by atoms with Crippen LogP contribution in [0.25, 0.3) is 0 Å². The number of carbonyl (C=O) groups is 2. The summed E-state index contributed by atoms with van der Waals surface area (Å²) < 4.78 is 42.2. The number of hydrogen-bond acceptors (Lipinski definition) is 5. The van der Waals surface area contributed by atoms with E-state index in [0.29, 0.717) is 5.69 Å². The van der Waals surface area contributed by atoms with Gasteiger partial charge in [0.25, 0.3) is 5.91 Å². The first-order valence-corrected chi connectivity index (χ1v) is 9.49. The van der Waals surface area contributed by atoms with Crippen LogP contribution in [0, 0.1) is 5.82 Å². The number of ether oxygens (including phenoxy) is 1. The standard InChI is InChI=1S/C18H18FNO5S/c1-3-26(23,24)16-7-5-4-6-15(16)18(22)25-12(2)17(21)20-14-10-8-13(19)9-11-14/h4-12H,3H2,1-2H3,(H,20,21)/t12-/m1/s1. The molecular formula is C18H18FNO5S. The molecule has 1 N–H and O–H groups in total. The number of halogens is 1. The minimum atomic E-state index is -3.62. The van der Waals surface area contributed by atoms with Crippen LogP contribution in [-0.4, -0.2) is 32.2 Å². The number of rotatable bonds is 6. The zero-order chi connectivity index (χ0) is 19.3. The molecule has 26 heavy (non-hydrogen) atoms. The van der Waals surface area contributed by atoms with Gasteiger partial charge in [0.1, 0.15) is 5.82 Å². The van der Waals surface area contributed by atoms with E-state index in [9.17, 15) is 22.4 Å². The third kappa shape index (κ3) is 4.66. The van der Waals surface area contributed by atoms with E-state index in [4.69, 9.17) is 4.74 Å². The van der Waals surface area contributed by atoms with Gasteiger partial charge < -0.3 is 10.1 Å². The number of nitrogens with one attached hydrogen (secondary N) is 1. The van der Waals surface area contributed by atoms with Crippen LogP contribution in [0.5, 0.6) is 0 Å². The van der Waals surface area contributed by atoms with Gasteiger partial charge in [-0.3, -0.25) is 4.79 Å². The van der Waals surface area contributed by atoms with Gasteiger partial charge >= 0.3 is 5.97 Å². The summed E-state index contributed by atoms with van der Waals surface area (Å²) in [5, 5.41) is 2.48. The van der Waals surface area contributed by atoms with Crippen molar-refractivity contribution in [2.24, 2.45) is 0 Å². The zero-order valence-corrected chi connectivity index (χ0v) is 15.0. The first-order chi connectivity index (χ1) is 12.2. The van der Waals surface area contributed by atoms with E-state index in [-0.39, 0.29) is 16.2 Å².